The molecule has 0 aliphatic heterocycles. The molecule has 0 aromatic heterocycles. The number of hydrogen-bond donors (Lipinski definition) is 2. The highest BCUT2D eigenvalue weighted by molar-refractivity contribution is 5.90. The molecule has 1 aromatic carbocycles. The number of aryl methyl sites for hydroxylation is 1. The van der Waals surface area contributed by atoms with Gasteiger partial charge >= 0.3 is 6.03 Å². The zero-order valence-electron chi connectivity index (χ0n) is 10.7. The molecule has 17 heavy (non-hydrogen) atoms. The summed E-state index contributed by atoms with van der Waals surface area (Å²) in [5, 5.41) is 5.52. The summed E-state index contributed by atoms with van der Waals surface area (Å²) in [6.07, 6.45) is 4.51. The highest BCUT2D eigenvalue weighted by atomic mass is 16.2. The van der Waals surface area contributed by atoms with Crippen LogP contribution in [0.2, 0.25) is 0 Å². The van der Waals surface area contributed by atoms with Crippen LogP contribution in [0.5, 0.6) is 0 Å². The molecule has 0 aliphatic rings. The first kappa shape index (κ1) is 13.3. The molecular formula is C14H20N2O. The van der Waals surface area contributed by atoms with Crippen LogP contribution in [-0.2, 0) is 6.42 Å². The van der Waals surface area contributed by atoms with Crippen molar-refractivity contribution in [2.45, 2.75) is 27.2 Å². The molecule has 0 bridgehead atoms. The summed E-state index contributed by atoms with van der Waals surface area (Å²) < 4.78 is 0. The molecular weight excluding hydrogens is 212 g/mol. The van der Waals surface area contributed by atoms with Gasteiger partial charge in [-0.2, -0.15) is 0 Å². The molecule has 92 valence electrons. The maximum absolute atomic E-state index is 11.6. The average molecular weight is 232 g/mol. The molecule has 1 aromatic rings. The van der Waals surface area contributed by atoms with E-state index in [2.05, 4.69) is 31.4 Å². The maximum Gasteiger partial charge on any atom is 0.323 e. The lowest BCUT2D eigenvalue weighted by Crippen LogP contribution is -2.24. The number of carbonyl (C=O) groups excluding carboxylic acids is 1. The first-order valence-corrected chi connectivity index (χ1v) is 5.95. The van der Waals surface area contributed by atoms with Crippen molar-refractivity contribution in [3.05, 3.63) is 42.1 Å². The molecule has 0 saturated carbocycles. The Morgan fingerprint density at radius 3 is 2.71 bits per heavy atom. The molecule has 0 heterocycles. The van der Waals surface area contributed by atoms with Gasteiger partial charge in [0, 0.05) is 11.9 Å². The van der Waals surface area contributed by atoms with Crippen LogP contribution in [0.1, 0.15) is 26.3 Å². The molecule has 0 atom stereocenters. The monoisotopic (exact) mass is 232 g/mol. The Morgan fingerprint density at radius 2 is 2.06 bits per heavy atom. The Balaban J connectivity index is 2.56. The summed E-state index contributed by atoms with van der Waals surface area (Å²) in [6, 6.07) is 7.60. The summed E-state index contributed by atoms with van der Waals surface area (Å²) >= 11 is 0. The lowest BCUT2D eigenvalue weighted by molar-refractivity contribution is 0.255. The van der Waals surface area contributed by atoms with Gasteiger partial charge in [-0.05, 0) is 24.0 Å². The normalized spacial score (nSPS) is 10.8. The number of anilines is 1. The Hall–Kier alpha value is -1.77. The lowest BCUT2D eigenvalue weighted by Gasteiger charge is -2.09. The van der Waals surface area contributed by atoms with E-state index < -0.39 is 0 Å². The summed E-state index contributed by atoms with van der Waals surface area (Å²) in [7, 11) is 0. The van der Waals surface area contributed by atoms with Crippen LogP contribution in [0.4, 0.5) is 10.5 Å². The Bertz CT molecular complexity index is 397. The molecule has 0 fully saturated rings. The van der Waals surface area contributed by atoms with E-state index in [9.17, 15) is 4.79 Å². The average Bonchev–Trinajstić information content (AvgIpc) is 2.29. The largest absolute Gasteiger partial charge is 0.323 e. The second-order valence-electron chi connectivity index (χ2n) is 4.21. The van der Waals surface area contributed by atoms with Gasteiger partial charge in [0.25, 0.3) is 0 Å². The molecule has 0 unspecified atom stereocenters. The Morgan fingerprint density at radius 1 is 1.35 bits per heavy atom. The molecule has 2 N–H and O–H groups in total. The second kappa shape index (κ2) is 6.74. The van der Waals surface area contributed by atoms with Crippen molar-refractivity contribution < 1.29 is 4.79 Å². The fourth-order valence-corrected chi connectivity index (χ4v) is 1.43. The zero-order chi connectivity index (χ0) is 12.7. The van der Waals surface area contributed by atoms with Crippen LogP contribution >= 0.6 is 0 Å². The van der Waals surface area contributed by atoms with Gasteiger partial charge in [0.05, 0.1) is 0 Å². The number of nitrogens with one attached hydrogen (secondary N) is 2. The summed E-state index contributed by atoms with van der Waals surface area (Å²) in [6.45, 7) is 6.18. The SMILES string of the molecule is CCc1ccccc1NC(=O)N/C=C/C(C)C. The highest BCUT2D eigenvalue weighted by Crippen LogP contribution is 2.14. The number of allylic oxidation sites excluding steroid dienone is 1. The van der Waals surface area contributed by atoms with E-state index in [0.29, 0.717) is 5.92 Å². The third kappa shape index (κ3) is 4.72. The first-order valence-electron chi connectivity index (χ1n) is 5.95. The maximum atomic E-state index is 11.6. The molecule has 1 rings (SSSR count). The summed E-state index contributed by atoms with van der Waals surface area (Å²) in [4.78, 5) is 11.6. The van der Waals surface area contributed by atoms with E-state index in [0.717, 1.165) is 17.7 Å². The van der Waals surface area contributed by atoms with Gasteiger partial charge < -0.3 is 10.6 Å². The van der Waals surface area contributed by atoms with Gasteiger partial charge in [-0.3, -0.25) is 0 Å². The van der Waals surface area contributed by atoms with Crippen LogP contribution in [0.15, 0.2) is 36.5 Å². The minimum absolute atomic E-state index is 0.206. The number of benzene rings is 1. The van der Waals surface area contributed by atoms with E-state index in [1.165, 1.54) is 0 Å². The van der Waals surface area contributed by atoms with Crippen molar-refractivity contribution in [1.29, 1.82) is 0 Å². The predicted octanol–water partition coefficient (Wildman–Crippen LogP) is 3.54. The fourth-order valence-electron chi connectivity index (χ4n) is 1.43. The lowest BCUT2D eigenvalue weighted by atomic mass is 10.1. The molecule has 0 radical (unpaired) electrons. The number of amides is 2. The molecule has 3 heteroatoms. The standard InChI is InChI=1S/C14H20N2O/c1-4-12-7-5-6-8-13(12)16-14(17)15-10-9-11(2)3/h5-11H,4H2,1-3H3,(H2,15,16,17)/b10-9+. The third-order valence-electron chi connectivity index (χ3n) is 2.34. The number of rotatable bonds is 4. The van der Waals surface area contributed by atoms with E-state index >= 15 is 0 Å². The zero-order valence-corrected chi connectivity index (χ0v) is 10.7. The minimum Gasteiger partial charge on any atom is -0.315 e. The van der Waals surface area contributed by atoms with Crippen molar-refractivity contribution in [2.24, 2.45) is 5.92 Å². The van der Waals surface area contributed by atoms with E-state index in [1.54, 1.807) is 6.20 Å². The molecule has 0 aliphatic carbocycles. The van der Waals surface area contributed by atoms with E-state index in [-0.39, 0.29) is 6.03 Å². The van der Waals surface area contributed by atoms with Gasteiger partial charge in [0.1, 0.15) is 0 Å². The minimum atomic E-state index is -0.206. The van der Waals surface area contributed by atoms with Crippen molar-refractivity contribution in [1.82, 2.24) is 5.32 Å². The van der Waals surface area contributed by atoms with Gasteiger partial charge in [-0.1, -0.05) is 45.0 Å². The Kier molecular flexibility index (Phi) is 5.27. The van der Waals surface area contributed by atoms with Gasteiger partial charge in [-0.25, -0.2) is 4.79 Å². The van der Waals surface area contributed by atoms with Crippen LogP contribution in [0.25, 0.3) is 0 Å². The van der Waals surface area contributed by atoms with Crippen LogP contribution in [-0.4, -0.2) is 6.03 Å². The quantitative estimate of drug-likeness (QED) is 0.819. The number of hydrogen-bond acceptors (Lipinski definition) is 1. The molecule has 2 amide bonds. The molecule has 0 spiro atoms. The summed E-state index contributed by atoms with van der Waals surface area (Å²) in [5.74, 6) is 0.429. The van der Waals surface area contributed by atoms with Crippen molar-refractivity contribution >= 4 is 11.7 Å². The predicted molar refractivity (Wildman–Crippen MR) is 72.0 cm³/mol. The first-order chi connectivity index (χ1) is 8.13. The molecule has 3 nitrogen and oxygen atoms in total. The van der Waals surface area contributed by atoms with Crippen LogP contribution < -0.4 is 10.6 Å². The fraction of sp³-hybridized carbons (Fsp3) is 0.357. The Labute approximate surface area is 103 Å². The van der Waals surface area contributed by atoms with Crippen molar-refractivity contribution in [3.63, 3.8) is 0 Å². The van der Waals surface area contributed by atoms with E-state index in [4.69, 9.17) is 0 Å². The van der Waals surface area contributed by atoms with Gasteiger partial charge in [-0.15, -0.1) is 0 Å². The number of carbonyl (C=O) groups is 1. The van der Waals surface area contributed by atoms with Crippen LogP contribution in [0.3, 0.4) is 0 Å². The van der Waals surface area contributed by atoms with E-state index in [1.807, 2.05) is 30.3 Å². The number of para-hydroxylation sites is 1. The van der Waals surface area contributed by atoms with Crippen molar-refractivity contribution in [3.8, 4) is 0 Å². The summed E-state index contributed by atoms with van der Waals surface area (Å²) in [5.41, 5.74) is 2.00. The van der Waals surface area contributed by atoms with Gasteiger partial charge in [0.2, 0.25) is 0 Å². The topological polar surface area (TPSA) is 41.1 Å². The number of urea groups is 1. The van der Waals surface area contributed by atoms with Crippen molar-refractivity contribution in [2.75, 3.05) is 5.32 Å². The van der Waals surface area contributed by atoms with Crippen LogP contribution in [0, 0.1) is 5.92 Å². The molecule has 0 saturated heterocycles. The highest BCUT2D eigenvalue weighted by Gasteiger charge is 2.02. The third-order valence-corrected chi connectivity index (χ3v) is 2.34. The smallest absolute Gasteiger partial charge is 0.315 e. The second-order valence-corrected chi connectivity index (χ2v) is 4.21. The van der Waals surface area contributed by atoms with Gasteiger partial charge in [0.15, 0.2) is 0 Å².